The van der Waals surface area contributed by atoms with Gasteiger partial charge in [0.05, 0.1) is 17.8 Å². The van der Waals surface area contributed by atoms with E-state index in [0.29, 0.717) is 10.6 Å². The van der Waals surface area contributed by atoms with Crippen molar-refractivity contribution in [3.63, 3.8) is 0 Å². The third-order valence-electron chi connectivity index (χ3n) is 2.80. The van der Waals surface area contributed by atoms with E-state index in [0.717, 1.165) is 16.0 Å². The van der Waals surface area contributed by atoms with Gasteiger partial charge in [0.25, 0.3) is 0 Å². The number of ether oxygens (including phenoxy) is 1. The lowest BCUT2D eigenvalue weighted by atomic mass is 10.2. The van der Waals surface area contributed by atoms with Gasteiger partial charge in [0.15, 0.2) is 0 Å². The molecule has 0 saturated heterocycles. The van der Waals surface area contributed by atoms with Crippen LogP contribution in [-0.4, -0.2) is 20.1 Å². The summed E-state index contributed by atoms with van der Waals surface area (Å²) in [6, 6.07) is 9.90. The lowest BCUT2D eigenvalue weighted by Crippen LogP contribution is -2.14. The van der Waals surface area contributed by atoms with Crippen molar-refractivity contribution in [2.75, 3.05) is 24.8 Å². The van der Waals surface area contributed by atoms with Crippen LogP contribution in [0.5, 0.6) is 0 Å². The molecule has 0 bridgehead atoms. The number of nitrogens with two attached hydrogens (primary N) is 1. The van der Waals surface area contributed by atoms with E-state index in [1.54, 1.807) is 6.07 Å². The van der Waals surface area contributed by atoms with Gasteiger partial charge in [-0.05, 0) is 23.8 Å². The second-order valence-electron chi connectivity index (χ2n) is 4.35. The monoisotopic (exact) mass is 354 g/mol. The van der Waals surface area contributed by atoms with E-state index in [1.165, 1.54) is 24.0 Å². The van der Waals surface area contributed by atoms with Gasteiger partial charge in [0, 0.05) is 18.1 Å². The van der Waals surface area contributed by atoms with Crippen LogP contribution in [0.15, 0.2) is 34.8 Å². The van der Waals surface area contributed by atoms with Gasteiger partial charge in [-0.1, -0.05) is 28.1 Å². The zero-order valence-electron chi connectivity index (χ0n) is 11.2. The molecule has 4 nitrogen and oxygen atoms in total. The lowest BCUT2D eigenvalue weighted by Gasteiger charge is -2.17. The number of carbonyl (C=O) groups excluding carboxylic acids is 1. The van der Waals surface area contributed by atoms with Gasteiger partial charge < -0.3 is 15.4 Å². The number of thiophene rings is 1. The first-order chi connectivity index (χ1) is 9.51. The van der Waals surface area contributed by atoms with Crippen LogP contribution in [0.1, 0.15) is 15.2 Å². The Balaban J connectivity index is 2.17. The smallest absolute Gasteiger partial charge is 0.350 e. The van der Waals surface area contributed by atoms with Crippen molar-refractivity contribution in [3.05, 3.63) is 45.2 Å². The summed E-state index contributed by atoms with van der Waals surface area (Å²) in [7, 11) is 3.32. The van der Waals surface area contributed by atoms with Crippen LogP contribution < -0.4 is 10.6 Å². The van der Waals surface area contributed by atoms with Crippen LogP contribution in [0.3, 0.4) is 0 Å². The highest BCUT2D eigenvalue weighted by atomic mass is 79.9. The minimum atomic E-state index is -0.394. The molecular weight excluding hydrogens is 340 g/mol. The van der Waals surface area contributed by atoms with Crippen molar-refractivity contribution < 1.29 is 9.53 Å². The van der Waals surface area contributed by atoms with Crippen molar-refractivity contribution in [1.82, 2.24) is 0 Å². The van der Waals surface area contributed by atoms with Crippen LogP contribution >= 0.6 is 27.3 Å². The van der Waals surface area contributed by atoms with Crippen molar-refractivity contribution in [1.29, 1.82) is 0 Å². The molecule has 1 aromatic carbocycles. The summed E-state index contributed by atoms with van der Waals surface area (Å²) in [4.78, 5) is 14.1. The molecule has 20 heavy (non-hydrogen) atoms. The maximum Gasteiger partial charge on any atom is 0.350 e. The fourth-order valence-electron chi connectivity index (χ4n) is 1.82. The average molecular weight is 355 g/mol. The van der Waals surface area contributed by atoms with Gasteiger partial charge in [-0.2, -0.15) is 0 Å². The van der Waals surface area contributed by atoms with Gasteiger partial charge in [-0.25, -0.2) is 4.79 Å². The van der Waals surface area contributed by atoms with Gasteiger partial charge in [-0.15, -0.1) is 11.3 Å². The van der Waals surface area contributed by atoms with Gasteiger partial charge >= 0.3 is 5.97 Å². The number of hydrogen-bond donors (Lipinski definition) is 1. The molecule has 0 aliphatic carbocycles. The van der Waals surface area contributed by atoms with Crippen LogP contribution in [0.4, 0.5) is 10.7 Å². The summed E-state index contributed by atoms with van der Waals surface area (Å²) in [5.41, 5.74) is 7.48. The first-order valence-corrected chi connectivity index (χ1v) is 7.55. The van der Waals surface area contributed by atoms with Gasteiger partial charge in [-0.3, -0.25) is 0 Å². The summed E-state index contributed by atoms with van der Waals surface area (Å²) in [5, 5.41) is 0.933. The summed E-state index contributed by atoms with van der Waals surface area (Å²) >= 11 is 4.79. The molecule has 106 valence electrons. The average Bonchev–Trinajstić information content (AvgIpc) is 2.80. The molecule has 2 N–H and O–H groups in total. The molecule has 0 aliphatic rings. The Bertz CT molecular complexity index is 627. The summed E-state index contributed by atoms with van der Waals surface area (Å²) < 4.78 is 5.76. The van der Waals surface area contributed by atoms with E-state index >= 15 is 0 Å². The van der Waals surface area contributed by atoms with E-state index in [4.69, 9.17) is 10.5 Å². The minimum absolute atomic E-state index is 0.394. The molecule has 0 unspecified atom stereocenters. The highest BCUT2D eigenvalue weighted by Gasteiger charge is 2.16. The minimum Gasteiger partial charge on any atom is -0.465 e. The fourth-order valence-corrected chi connectivity index (χ4v) is 3.22. The number of esters is 1. The molecule has 0 radical (unpaired) electrons. The molecule has 0 spiro atoms. The molecule has 1 heterocycles. The second kappa shape index (κ2) is 6.28. The maximum atomic E-state index is 11.6. The fraction of sp³-hybridized carbons (Fsp3) is 0.214. The van der Waals surface area contributed by atoms with E-state index < -0.39 is 5.97 Å². The van der Waals surface area contributed by atoms with Gasteiger partial charge in [0.1, 0.15) is 4.88 Å². The van der Waals surface area contributed by atoms with E-state index in [9.17, 15) is 4.79 Å². The number of benzene rings is 1. The molecule has 0 fully saturated rings. The first-order valence-electron chi connectivity index (χ1n) is 5.94. The zero-order valence-corrected chi connectivity index (χ0v) is 13.6. The molecule has 0 aliphatic heterocycles. The van der Waals surface area contributed by atoms with E-state index in [-0.39, 0.29) is 0 Å². The quantitative estimate of drug-likeness (QED) is 0.853. The predicted molar refractivity (Wildman–Crippen MR) is 86.3 cm³/mol. The Morgan fingerprint density at radius 3 is 2.85 bits per heavy atom. The lowest BCUT2D eigenvalue weighted by molar-refractivity contribution is 0.0607. The summed E-state index contributed by atoms with van der Waals surface area (Å²) in [5.74, 6) is -0.394. The van der Waals surface area contributed by atoms with Crippen molar-refractivity contribution in [3.8, 4) is 0 Å². The number of halogens is 1. The van der Waals surface area contributed by atoms with E-state index in [2.05, 4.69) is 33.0 Å². The Morgan fingerprint density at radius 1 is 1.45 bits per heavy atom. The van der Waals surface area contributed by atoms with Crippen LogP contribution in [0.25, 0.3) is 0 Å². The summed E-state index contributed by atoms with van der Waals surface area (Å²) in [6.45, 7) is 0.736. The largest absolute Gasteiger partial charge is 0.465 e. The molecule has 0 saturated carbocycles. The highest BCUT2D eigenvalue weighted by Crippen LogP contribution is 2.32. The molecular formula is C14H15BrN2O2S. The molecule has 0 amide bonds. The Labute approximate surface area is 130 Å². The van der Waals surface area contributed by atoms with Crippen LogP contribution in [0.2, 0.25) is 0 Å². The zero-order chi connectivity index (χ0) is 14.7. The van der Waals surface area contributed by atoms with Crippen molar-refractivity contribution >= 4 is 43.9 Å². The molecule has 0 atom stereocenters. The number of carbonyl (C=O) groups is 1. The SMILES string of the molecule is COC(=O)c1sc(N(C)Cc2cccc(Br)c2)cc1N. The van der Waals surface area contributed by atoms with Crippen LogP contribution in [0, 0.1) is 0 Å². The molecule has 2 aromatic rings. The topological polar surface area (TPSA) is 55.6 Å². The Kier molecular flexibility index (Phi) is 4.67. The number of hydrogen-bond acceptors (Lipinski definition) is 5. The first kappa shape index (κ1) is 14.9. The van der Waals surface area contributed by atoms with Gasteiger partial charge in [0.2, 0.25) is 0 Å². The molecule has 1 aromatic heterocycles. The number of nitrogens with zero attached hydrogens (tertiary/aromatic N) is 1. The number of methoxy groups -OCH3 is 1. The number of rotatable bonds is 4. The second-order valence-corrected chi connectivity index (χ2v) is 6.29. The maximum absolute atomic E-state index is 11.6. The third-order valence-corrected chi connectivity index (χ3v) is 4.54. The molecule has 2 rings (SSSR count). The van der Waals surface area contributed by atoms with Crippen molar-refractivity contribution in [2.45, 2.75) is 6.54 Å². The third kappa shape index (κ3) is 3.32. The molecule has 6 heteroatoms. The highest BCUT2D eigenvalue weighted by molar-refractivity contribution is 9.10. The normalized spacial score (nSPS) is 10.3. The Morgan fingerprint density at radius 2 is 2.20 bits per heavy atom. The summed E-state index contributed by atoms with van der Waals surface area (Å²) in [6.07, 6.45) is 0. The van der Waals surface area contributed by atoms with E-state index in [1.807, 2.05) is 19.2 Å². The number of anilines is 2. The standard InChI is InChI=1S/C14H15BrN2O2S/c1-17(8-9-4-3-5-10(15)6-9)12-7-11(16)13(20-12)14(18)19-2/h3-7H,8,16H2,1-2H3. The Hall–Kier alpha value is -1.53. The van der Waals surface area contributed by atoms with Crippen molar-refractivity contribution in [2.24, 2.45) is 0 Å². The predicted octanol–water partition coefficient (Wildman–Crippen LogP) is 3.52. The number of nitrogen functional groups attached to an aromatic ring is 1. The van der Waals surface area contributed by atoms with Crippen LogP contribution in [-0.2, 0) is 11.3 Å².